The van der Waals surface area contributed by atoms with Crippen molar-refractivity contribution in [1.82, 2.24) is 8.61 Å². The molecule has 1 N–H and O–H groups in total. The molecule has 2 heterocycles. The molecule has 1 atom stereocenters. The average Bonchev–Trinajstić information content (AvgIpc) is 2.57. The molecule has 134 valence electrons. The minimum absolute atomic E-state index is 0.345. The van der Waals surface area contributed by atoms with Gasteiger partial charge < -0.3 is 5.32 Å². The van der Waals surface area contributed by atoms with E-state index >= 15 is 0 Å². The van der Waals surface area contributed by atoms with Crippen LogP contribution in [0.4, 0.5) is 5.69 Å². The summed E-state index contributed by atoms with van der Waals surface area (Å²) in [5.74, 6) is 0.466. The third-order valence-electron chi connectivity index (χ3n) is 5.23. The lowest BCUT2D eigenvalue weighted by Gasteiger charge is -2.38. The quantitative estimate of drug-likeness (QED) is 0.907. The first kappa shape index (κ1) is 17.7. The van der Waals surface area contributed by atoms with Crippen LogP contribution in [0.2, 0.25) is 0 Å². The highest BCUT2D eigenvalue weighted by Gasteiger charge is 2.34. The first-order chi connectivity index (χ1) is 11.5. The molecule has 2 aliphatic heterocycles. The number of nitrogens with zero attached hydrogens (tertiary/aromatic N) is 2. The van der Waals surface area contributed by atoms with Crippen molar-refractivity contribution in [2.45, 2.75) is 45.6 Å². The smallest absolute Gasteiger partial charge is 0.281 e. The van der Waals surface area contributed by atoms with Gasteiger partial charge in [0.05, 0.1) is 0 Å². The summed E-state index contributed by atoms with van der Waals surface area (Å²) in [6.07, 6.45) is 3.83. The van der Waals surface area contributed by atoms with E-state index in [0.29, 0.717) is 38.1 Å². The van der Waals surface area contributed by atoms with Crippen LogP contribution < -0.4 is 5.32 Å². The maximum atomic E-state index is 12.8. The number of nitrogens with one attached hydrogen (secondary N) is 1. The van der Waals surface area contributed by atoms with Gasteiger partial charge in [-0.25, -0.2) is 0 Å². The van der Waals surface area contributed by atoms with E-state index in [0.717, 1.165) is 31.4 Å². The SMILES string of the molecule is Cc1ccccc1NC1CCN(S(=O)(=O)N2CCCC(C)C2)CC1. The highest BCUT2D eigenvalue weighted by molar-refractivity contribution is 7.86. The van der Waals surface area contributed by atoms with Gasteiger partial charge in [-0.1, -0.05) is 25.1 Å². The third-order valence-corrected chi connectivity index (χ3v) is 7.23. The predicted octanol–water partition coefficient (Wildman–Crippen LogP) is 2.85. The largest absolute Gasteiger partial charge is 0.382 e. The molecule has 2 fully saturated rings. The molecule has 0 aliphatic carbocycles. The van der Waals surface area contributed by atoms with Crippen LogP contribution in [0.5, 0.6) is 0 Å². The molecule has 1 aromatic rings. The van der Waals surface area contributed by atoms with E-state index < -0.39 is 10.2 Å². The van der Waals surface area contributed by atoms with Crippen LogP contribution in [0.1, 0.15) is 38.2 Å². The van der Waals surface area contributed by atoms with Crippen molar-refractivity contribution in [3.63, 3.8) is 0 Å². The van der Waals surface area contributed by atoms with Crippen LogP contribution in [0.3, 0.4) is 0 Å². The molecule has 0 saturated carbocycles. The Morgan fingerprint density at radius 3 is 2.42 bits per heavy atom. The Morgan fingerprint density at radius 1 is 1.04 bits per heavy atom. The van der Waals surface area contributed by atoms with Crippen LogP contribution in [0, 0.1) is 12.8 Å². The number of hydrogen-bond acceptors (Lipinski definition) is 3. The Bertz CT molecular complexity index is 654. The van der Waals surface area contributed by atoms with Gasteiger partial charge in [-0.15, -0.1) is 0 Å². The fraction of sp³-hybridized carbons (Fsp3) is 0.667. The molecule has 6 heteroatoms. The molecule has 0 bridgehead atoms. The molecular weight excluding hydrogens is 322 g/mol. The average molecular weight is 352 g/mol. The Kier molecular flexibility index (Phi) is 5.47. The second kappa shape index (κ2) is 7.42. The van der Waals surface area contributed by atoms with E-state index in [1.807, 2.05) is 12.1 Å². The van der Waals surface area contributed by atoms with Crippen LogP contribution in [-0.4, -0.2) is 49.2 Å². The minimum Gasteiger partial charge on any atom is -0.382 e. The first-order valence-electron chi connectivity index (χ1n) is 9.04. The Balaban J connectivity index is 1.57. The normalized spacial score (nSPS) is 24.8. The molecule has 2 saturated heterocycles. The lowest BCUT2D eigenvalue weighted by atomic mass is 10.0. The predicted molar refractivity (Wildman–Crippen MR) is 98.3 cm³/mol. The zero-order chi connectivity index (χ0) is 17.2. The number of piperidine rings is 2. The van der Waals surface area contributed by atoms with Gasteiger partial charge in [-0.05, 0) is 50.2 Å². The van der Waals surface area contributed by atoms with Gasteiger partial charge in [0.15, 0.2) is 0 Å². The molecule has 0 amide bonds. The molecule has 0 spiro atoms. The van der Waals surface area contributed by atoms with Crippen molar-refractivity contribution < 1.29 is 8.42 Å². The van der Waals surface area contributed by atoms with Crippen LogP contribution in [0.15, 0.2) is 24.3 Å². The van der Waals surface area contributed by atoms with E-state index in [1.165, 1.54) is 5.56 Å². The molecule has 1 aromatic carbocycles. The number of benzene rings is 1. The number of anilines is 1. The topological polar surface area (TPSA) is 52.7 Å². The molecule has 24 heavy (non-hydrogen) atoms. The summed E-state index contributed by atoms with van der Waals surface area (Å²) in [4.78, 5) is 0. The first-order valence-corrected chi connectivity index (χ1v) is 10.4. The van der Waals surface area contributed by atoms with Crippen molar-refractivity contribution >= 4 is 15.9 Å². The highest BCUT2D eigenvalue weighted by atomic mass is 32.2. The van der Waals surface area contributed by atoms with E-state index in [2.05, 4.69) is 31.3 Å². The van der Waals surface area contributed by atoms with E-state index in [1.54, 1.807) is 8.61 Å². The Labute approximate surface area is 146 Å². The van der Waals surface area contributed by atoms with Gasteiger partial charge >= 0.3 is 0 Å². The number of para-hydroxylation sites is 1. The fourth-order valence-electron chi connectivity index (χ4n) is 3.70. The van der Waals surface area contributed by atoms with Crippen LogP contribution in [-0.2, 0) is 10.2 Å². The summed E-state index contributed by atoms with van der Waals surface area (Å²) >= 11 is 0. The summed E-state index contributed by atoms with van der Waals surface area (Å²) < 4.78 is 29.0. The molecule has 2 aliphatic rings. The maximum absolute atomic E-state index is 12.8. The highest BCUT2D eigenvalue weighted by Crippen LogP contribution is 2.25. The second-order valence-electron chi connectivity index (χ2n) is 7.25. The zero-order valence-electron chi connectivity index (χ0n) is 14.7. The van der Waals surface area contributed by atoms with E-state index in [4.69, 9.17) is 0 Å². The Hall–Kier alpha value is -1.11. The standard InChI is InChI=1S/C18H29N3O2S/c1-15-6-5-11-21(14-15)24(22,23)20-12-9-17(10-13-20)19-18-8-4-3-7-16(18)2/h3-4,7-8,15,17,19H,5-6,9-14H2,1-2H3. The van der Waals surface area contributed by atoms with E-state index in [-0.39, 0.29) is 0 Å². The lowest BCUT2D eigenvalue weighted by Crippen LogP contribution is -2.51. The van der Waals surface area contributed by atoms with Crippen LogP contribution >= 0.6 is 0 Å². The van der Waals surface area contributed by atoms with Gasteiger partial charge in [-0.3, -0.25) is 0 Å². The molecule has 5 nitrogen and oxygen atoms in total. The van der Waals surface area contributed by atoms with Gasteiger partial charge in [0.25, 0.3) is 10.2 Å². The molecule has 0 radical (unpaired) electrons. The van der Waals surface area contributed by atoms with Gasteiger partial charge in [0, 0.05) is 37.9 Å². The molecule has 3 rings (SSSR count). The van der Waals surface area contributed by atoms with Crippen molar-refractivity contribution in [2.75, 3.05) is 31.5 Å². The number of rotatable bonds is 4. The Morgan fingerprint density at radius 2 is 1.75 bits per heavy atom. The van der Waals surface area contributed by atoms with Gasteiger partial charge in [-0.2, -0.15) is 17.0 Å². The second-order valence-corrected chi connectivity index (χ2v) is 9.17. The zero-order valence-corrected chi connectivity index (χ0v) is 15.6. The van der Waals surface area contributed by atoms with Crippen molar-refractivity contribution in [1.29, 1.82) is 0 Å². The summed E-state index contributed by atoms with van der Waals surface area (Å²) in [6.45, 7) is 6.80. The summed E-state index contributed by atoms with van der Waals surface area (Å²) in [6, 6.07) is 8.60. The van der Waals surface area contributed by atoms with Crippen molar-refractivity contribution in [3.05, 3.63) is 29.8 Å². The van der Waals surface area contributed by atoms with Crippen molar-refractivity contribution in [3.8, 4) is 0 Å². The van der Waals surface area contributed by atoms with Crippen LogP contribution in [0.25, 0.3) is 0 Å². The molecule has 1 unspecified atom stereocenters. The van der Waals surface area contributed by atoms with Gasteiger partial charge in [0.1, 0.15) is 0 Å². The van der Waals surface area contributed by atoms with Crippen molar-refractivity contribution in [2.24, 2.45) is 5.92 Å². The minimum atomic E-state index is -3.28. The molecule has 0 aromatic heterocycles. The summed E-state index contributed by atoms with van der Waals surface area (Å²) in [5.41, 5.74) is 2.39. The number of aryl methyl sites for hydroxylation is 1. The monoisotopic (exact) mass is 351 g/mol. The maximum Gasteiger partial charge on any atom is 0.281 e. The third kappa shape index (κ3) is 3.92. The lowest BCUT2D eigenvalue weighted by molar-refractivity contribution is 0.244. The van der Waals surface area contributed by atoms with Gasteiger partial charge in [0.2, 0.25) is 0 Å². The number of hydrogen-bond donors (Lipinski definition) is 1. The fourth-order valence-corrected chi connectivity index (χ4v) is 5.51. The molecular formula is C18H29N3O2S. The summed E-state index contributed by atoms with van der Waals surface area (Å²) in [7, 11) is -3.28. The summed E-state index contributed by atoms with van der Waals surface area (Å²) in [5, 5.41) is 3.57. The van der Waals surface area contributed by atoms with E-state index in [9.17, 15) is 8.42 Å².